The Morgan fingerprint density at radius 3 is 2.83 bits per heavy atom. The van der Waals surface area contributed by atoms with E-state index >= 15 is 0 Å². The van der Waals surface area contributed by atoms with Gasteiger partial charge in [-0.3, -0.25) is 4.98 Å². The van der Waals surface area contributed by atoms with Gasteiger partial charge in [0.25, 0.3) is 0 Å². The highest BCUT2D eigenvalue weighted by Crippen LogP contribution is 2.24. The Bertz CT molecular complexity index is 837. The smallest absolute Gasteiger partial charge is 0.139 e. The molecule has 0 bridgehead atoms. The molecule has 0 unspecified atom stereocenters. The Morgan fingerprint density at radius 1 is 1.17 bits per heavy atom. The van der Waals surface area contributed by atoms with E-state index in [0.717, 1.165) is 40.3 Å². The molecule has 3 heterocycles. The van der Waals surface area contributed by atoms with Crippen LogP contribution in [0.5, 0.6) is 0 Å². The molecule has 0 fully saturated rings. The number of nitrogens with one attached hydrogen (secondary N) is 1. The zero-order valence-electron chi connectivity index (χ0n) is 12.4. The first kappa shape index (κ1) is 14.2. The molecule has 3 aromatic rings. The predicted octanol–water partition coefficient (Wildman–Crippen LogP) is 4.22. The summed E-state index contributed by atoms with van der Waals surface area (Å²) in [4.78, 5) is 14.5. The van der Waals surface area contributed by atoms with E-state index in [4.69, 9.17) is 4.98 Å². The standard InChI is InChI=1S/C18H15BrN4/c19-15-5-3-13(4-6-15)11-23-9-7-16-17(12-23)22-18(21-16)14-2-1-8-20-10-14/h1-10H,11-12H2,(H,21,22). The van der Waals surface area contributed by atoms with E-state index in [1.165, 1.54) is 5.56 Å². The third-order valence-electron chi connectivity index (χ3n) is 3.85. The number of aromatic amines is 1. The van der Waals surface area contributed by atoms with Crippen LogP contribution in [0.4, 0.5) is 0 Å². The molecular formula is C18H15BrN4. The van der Waals surface area contributed by atoms with E-state index in [1.807, 2.05) is 18.3 Å². The van der Waals surface area contributed by atoms with Gasteiger partial charge in [-0.05, 0) is 35.9 Å². The molecule has 1 aliphatic rings. The second-order valence-electron chi connectivity index (χ2n) is 5.53. The van der Waals surface area contributed by atoms with E-state index in [-0.39, 0.29) is 0 Å². The first-order chi connectivity index (χ1) is 11.3. The molecule has 1 aliphatic heterocycles. The van der Waals surface area contributed by atoms with Gasteiger partial charge in [0.2, 0.25) is 0 Å². The maximum atomic E-state index is 4.73. The first-order valence-electron chi connectivity index (χ1n) is 7.44. The number of rotatable bonds is 3. The number of fused-ring (bicyclic) bond motifs is 1. The average Bonchev–Trinajstić information content (AvgIpc) is 3.01. The van der Waals surface area contributed by atoms with Gasteiger partial charge >= 0.3 is 0 Å². The van der Waals surface area contributed by atoms with Crippen LogP contribution in [-0.2, 0) is 13.1 Å². The lowest BCUT2D eigenvalue weighted by Crippen LogP contribution is -2.19. The van der Waals surface area contributed by atoms with Gasteiger partial charge in [0.15, 0.2) is 0 Å². The molecule has 0 saturated carbocycles. The molecule has 2 aromatic heterocycles. The molecule has 0 atom stereocenters. The third kappa shape index (κ3) is 3.05. The highest BCUT2D eigenvalue weighted by Gasteiger charge is 2.16. The zero-order chi connectivity index (χ0) is 15.6. The van der Waals surface area contributed by atoms with E-state index in [0.29, 0.717) is 0 Å². The average molecular weight is 367 g/mol. The Labute approximate surface area is 143 Å². The highest BCUT2D eigenvalue weighted by atomic mass is 79.9. The van der Waals surface area contributed by atoms with Crippen molar-refractivity contribution >= 4 is 22.0 Å². The van der Waals surface area contributed by atoms with Gasteiger partial charge in [0.05, 0.1) is 17.9 Å². The summed E-state index contributed by atoms with van der Waals surface area (Å²) in [6.07, 6.45) is 7.81. The molecule has 114 valence electrons. The molecule has 23 heavy (non-hydrogen) atoms. The third-order valence-corrected chi connectivity index (χ3v) is 4.38. The van der Waals surface area contributed by atoms with Crippen molar-refractivity contribution in [2.24, 2.45) is 0 Å². The normalized spacial score (nSPS) is 13.2. The molecule has 0 radical (unpaired) electrons. The van der Waals surface area contributed by atoms with Gasteiger partial charge in [0, 0.05) is 35.2 Å². The number of nitrogens with zero attached hydrogens (tertiary/aromatic N) is 3. The summed E-state index contributed by atoms with van der Waals surface area (Å²) >= 11 is 3.47. The lowest BCUT2D eigenvalue weighted by Gasteiger charge is -2.22. The fourth-order valence-corrected chi connectivity index (χ4v) is 2.94. The van der Waals surface area contributed by atoms with Crippen molar-refractivity contribution in [2.45, 2.75) is 13.1 Å². The molecule has 0 saturated heterocycles. The maximum Gasteiger partial charge on any atom is 0.139 e. The van der Waals surface area contributed by atoms with Gasteiger partial charge in [-0.25, -0.2) is 4.98 Å². The van der Waals surface area contributed by atoms with Crippen LogP contribution in [0.25, 0.3) is 17.5 Å². The van der Waals surface area contributed by atoms with Crippen molar-refractivity contribution in [2.75, 3.05) is 0 Å². The van der Waals surface area contributed by atoms with Gasteiger partial charge in [-0.2, -0.15) is 0 Å². The highest BCUT2D eigenvalue weighted by molar-refractivity contribution is 9.10. The van der Waals surface area contributed by atoms with Gasteiger partial charge in [-0.15, -0.1) is 0 Å². The Balaban J connectivity index is 1.53. The summed E-state index contributed by atoms with van der Waals surface area (Å²) in [7, 11) is 0. The van der Waals surface area contributed by atoms with E-state index in [9.17, 15) is 0 Å². The second kappa shape index (κ2) is 6.01. The zero-order valence-corrected chi connectivity index (χ0v) is 14.0. The maximum absolute atomic E-state index is 4.73. The summed E-state index contributed by atoms with van der Waals surface area (Å²) in [6.45, 7) is 1.68. The number of halogens is 1. The fraction of sp³-hybridized carbons (Fsp3) is 0.111. The van der Waals surface area contributed by atoms with Gasteiger partial charge in [-0.1, -0.05) is 28.1 Å². The van der Waals surface area contributed by atoms with Crippen LogP contribution in [0.2, 0.25) is 0 Å². The van der Waals surface area contributed by atoms with E-state index in [1.54, 1.807) is 6.20 Å². The SMILES string of the molecule is Brc1ccc(CN2C=Cc3[nH]c(-c4cccnc4)nc3C2)cc1. The topological polar surface area (TPSA) is 44.8 Å². The van der Waals surface area contributed by atoms with E-state index in [2.05, 4.69) is 67.3 Å². The second-order valence-corrected chi connectivity index (χ2v) is 6.45. The predicted molar refractivity (Wildman–Crippen MR) is 94.2 cm³/mol. The first-order valence-corrected chi connectivity index (χ1v) is 8.23. The van der Waals surface area contributed by atoms with Crippen LogP contribution in [-0.4, -0.2) is 19.9 Å². The molecule has 4 nitrogen and oxygen atoms in total. The number of hydrogen-bond donors (Lipinski definition) is 1. The van der Waals surface area contributed by atoms with Crippen molar-refractivity contribution in [1.82, 2.24) is 19.9 Å². The molecule has 1 N–H and O–H groups in total. The Hall–Kier alpha value is -2.40. The van der Waals surface area contributed by atoms with Gasteiger partial charge in [0.1, 0.15) is 5.82 Å². The number of pyridine rings is 1. The summed E-state index contributed by atoms with van der Waals surface area (Å²) < 4.78 is 1.10. The molecule has 5 heteroatoms. The minimum absolute atomic E-state index is 0.804. The summed E-state index contributed by atoms with van der Waals surface area (Å²) in [5.41, 5.74) is 4.44. The number of hydrogen-bond acceptors (Lipinski definition) is 3. The van der Waals surface area contributed by atoms with Crippen LogP contribution >= 0.6 is 15.9 Å². The molecule has 4 rings (SSSR count). The quantitative estimate of drug-likeness (QED) is 0.754. The summed E-state index contributed by atoms with van der Waals surface area (Å²) in [5.74, 6) is 0.873. The van der Waals surface area contributed by atoms with Crippen molar-refractivity contribution in [3.8, 4) is 11.4 Å². The van der Waals surface area contributed by atoms with Gasteiger partial charge < -0.3 is 9.88 Å². The molecule has 0 amide bonds. The molecule has 1 aromatic carbocycles. The number of H-pyrrole nitrogens is 1. The summed E-state index contributed by atoms with van der Waals surface area (Å²) in [5, 5.41) is 0. The van der Waals surface area contributed by atoms with Crippen molar-refractivity contribution in [3.63, 3.8) is 0 Å². The minimum Gasteiger partial charge on any atom is -0.367 e. The molecule has 0 aliphatic carbocycles. The Morgan fingerprint density at radius 2 is 2.04 bits per heavy atom. The van der Waals surface area contributed by atoms with Crippen LogP contribution < -0.4 is 0 Å². The van der Waals surface area contributed by atoms with Crippen LogP contribution in [0.15, 0.2) is 59.5 Å². The number of benzene rings is 1. The largest absolute Gasteiger partial charge is 0.367 e. The number of aromatic nitrogens is 3. The van der Waals surface area contributed by atoms with Crippen LogP contribution in [0.3, 0.4) is 0 Å². The lowest BCUT2D eigenvalue weighted by molar-refractivity contribution is 0.355. The van der Waals surface area contributed by atoms with E-state index < -0.39 is 0 Å². The minimum atomic E-state index is 0.804. The Kier molecular flexibility index (Phi) is 3.71. The van der Waals surface area contributed by atoms with Crippen molar-refractivity contribution < 1.29 is 0 Å². The fourth-order valence-electron chi connectivity index (χ4n) is 2.68. The lowest BCUT2D eigenvalue weighted by atomic mass is 10.2. The van der Waals surface area contributed by atoms with Crippen molar-refractivity contribution in [1.29, 1.82) is 0 Å². The monoisotopic (exact) mass is 366 g/mol. The molecular weight excluding hydrogens is 352 g/mol. The van der Waals surface area contributed by atoms with Crippen LogP contribution in [0, 0.1) is 0 Å². The molecule has 0 spiro atoms. The van der Waals surface area contributed by atoms with Crippen LogP contribution in [0.1, 0.15) is 17.0 Å². The summed E-state index contributed by atoms with van der Waals surface area (Å²) in [6, 6.07) is 12.4. The number of imidazole rings is 1. The van der Waals surface area contributed by atoms with Crippen molar-refractivity contribution in [3.05, 3.63) is 76.4 Å².